The summed E-state index contributed by atoms with van der Waals surface area (Å²) in [5.41, 5.74) is 1.24. The molecule has 0 N–H and O–H groups in total. The molecule has 0 aliphatic heterocycles. The molecule has 16 heavy (non-hydrogen) atoms. The third-order valence-corrected chi connectivity index (χ3v) is 2.04. The van der Waals surface area contributed by atoms with Crippen LogP contribution in [-0.2, 0) is 11.3 Å². The van der Waals surface area contributed by atoms with Crippen molar-refractivity contribution in [3.63, 3.8) is 0 Å². The minimum Gasteiger partial charge on any atom is -0.465 e. The van der Waals surface area contributed by atoms with Crippen LogP contribution in [0.5, 0.6) is 0 Å². The zero-order chi connectivity index (χ0) is 11.4. The van der Waals surface area contributed by atoms with Gasteiger partial charge in [-0.15, -0.1) is 0 Å². The van der Waals surface area contributed by atoms with Crippen LogP contribution in [0, 0.1) is 0 Å². The first-order valence-electron chi connectivity index (χ1n) is 4.65. The molecular weight excluding hydrogens is 208 g/mol. The van der Waals surface area contributed by atoms with Crippen molar-refractivity contribution in [3.05, 3.63) is 42.2 Å². The summed E-state index contributed by atoms with van der Waals surface area (Å²) < 4.78 is 6.23. The minimum atomic E-state index is -0.389. The fourth-order valence-corrected chi connectivity index (χ4v) is 1.24. The number of carbonyl (C=O) groups is 1. The lowest BCUT2D eigenvalue weighted by atomic mass is 10.2. The smallest absolute Gasteiger partial charge is 0.339 e. The maximum absolute atomic E-state index is 11.2. The molecule has 2 heterocycles. The molecule has 0 fully saturated rings. The second-order valence-corrected chi connectivity index (χ2v) is 3.12. The monoisotopic (exact) mass is 218 g/mol. The number of pyridine rings is 1. The standard InChI is InChI=1S/C10H10N4O2/c1-16-10(15)8-2-3-9(12-4-8)5-14-7-11-6-13-14/h2-4,6-7H,5H2,1H3. The highest BCUT2D eigenvalue weighted by molar-refractivity contribution is 5.88. The molecule has 0 amide bonds. The zero-order valence-corrected chi connectivity index (χ0v) is 8.70. The van der Waals surface area contributed by atoms with Gasteiger partial charge in [0.25, 0.3) is 0 Å². The van der Waals surface area contributed by atoms with Crippen molar-refractivity contribution < 1.29 is 9.53 Å². The van der Waals surface area contributed by atoms with E-state index in [-0.39, 0.29) is 5.97 Å². The van der Waals surface area contributed by atoms with Gasteiger partial charge >= 0.3 is 5.97 Å². The number of rotatable bonds is 3. The normalized spacial score (nSPS) is 10.1. The number of methoxy groups -OCH3 is 1. The van der Waals surface area contributed by atoms with Gasteiger partial charge in [0.15, 0.2) is 0 Å². The van der Waals surface area contributed by atoms with E-state index in [0.717, 1.165) is 5.69 Å². The third kappa shape index (κ3) is 2.22. The SMILES string of the molecule is COC(=O)c1ccc(Cn2cncn2)nc1. The number of hydrogen-bond acceptors (Lipinski definition) is 5. The number of hydrogen-bond donors (Lipinski definition) is 0. The van der Waals surface area contributed by atoms with Gasteiger partial charge in [-0.3, -0.25) is 4.98 Å². The Labute approximate surface area is 91.9 Å². The van der Waals surface area contributed by atoms with Crippen LogP contribution in [0.2, 0.25) is 0 Å². The first kappa shape index (κ1) is 10.3. The second kappa shape index (κ2) is 4.52. The average Bonchev–Trinajstić information content (AvgIpc) is 2.82. The molecule has 82 valence electrons. The van der Waals surface area contributed by atoms with E-state index in [9.17, 15) is 4.79 Å². The number of esters is 1. The summed E-state index contributed by atoms with van der Waals surface area (Å²) in [6.45, 7) is 0.529. The molecule has 2 rings (SSSR count). The van der Waals surface area contributed by atoms with Crippen LogP contribution < -0.4 is 0 Å². The summed E-state index contributed by atoms with van der Waals surface area (Å²) in [4.78, 5) is 19.1. The minimum absolute atomic E-state index is 0.389. The number of carbonyl (C=O) groups excluding carboxylic acids is 1. The first-order chi connectivity index (χ1) is 7.79. The van der Waals surface area contributed by atoms with Crippen LogP contribution in [0.15, 0.2) is 31.0 Å². The summed E-state index contributed by atoms with van der Waals surface area (Å²) in [5, 5.41) is 3.96. The molecule has 0 unspecified atom stereocenters. The lowest BCUT2D eigenvalue weighted by molar-refractivity contribution is 0.0600. The zero-order valence-electron chi connectivity index (χ0n) is 8.70. The van der Waals surface area contributed by atoms with Crippen LogP contribution >= 0.6 is 0 Å². The summed E-state index contributed by atoms with van der Waals surface area (Å²) >= 11 is 0. The molecular formula is C10H10N4O2. The Morgan fingerprint density at radius 3 is 2.94 bits per heavy atom. The Bertz CT molecular complexity index is 464. The number of nitrogens with zero attached hydrogens (tertiary/aromatic N) is 4. The predicted octanol–water partition coefficient (Wildman–Crippen LogP) is 0.508. The van der Waals surface area contributed by atoms with Crippen LogP contribution in [0.3, 0.4) is 0 Å². The molecule has 0 atom stereocenters. The lowest BCUT2D eigenvalue weighted by Crippen LogP contribution is -2.05. The van der Waals surface area contributed by atoms with Gasteiger partial charge in [-0.1, -0.05) is 0 Å². The van der Waals surface area contributed by atoms with Crippen molar-refractivity contribution in [1.82, 2.24) is 19.7 Å². The Morgan fingerprint density at radius 2 is 2.38 bits per heavy atom. The highest BCUT2D eigenvalue weighted by Crippen LogP contribution is 2.03. The summed E-state index contributed by atoms with van der Waals surface area (Å²) in [5.74, 6) is -0.389. The van der Waals surface area contributed by atoms with E-state index in [0.29, 0.717) is 12.1 Å². The van der Waals surface area contributed by atoms with E-state index in [4.69, 9.17) is 0 Å². The van der Waals surface area contributed by atoms with Gasteiger partial charge in [-0.05, 0) is 12.1 Å². The fourth-order valence-electron chi connectivity index (χ4n) is 1.24. The highest BCUT2D eigenvalue weighted by Gasteiger charge is 2.05. The van der Waals surface area contributed by atoms with E-state index in [1.54, 1.807) is 23.1 Å². The molecule has 0 saturated heterocycles. The third-order valence-electron chi connectivity index (χ3n) is 2.04. The van der Waals surface area contributed by atoms with Crippen molar-refractivity contribution in [1.29, 1.82) is 0 Å². The molecule has 6 nitrogen and oxygen atoms in total. The van der Waals surface area contributed by atoms with Crippen LogP contribution in [0.25, 0.3) is 0 Å². The van der Waals surface area contributed by atoms with Gasteiger partial charge in [0.05, 0.1) is 24.9 Å². The largest absolute Gasteiger partial charge is 0.465 e. The van der Waals surface area contributed by atoms with Crippen molar-refractivity contribution in [2.45, 2.75) is 6.54 Å². The second-order valence-electron chi connectivity index (χ2n) is 3.12. The molecule has 2 aromatic heterocycles. The van der Waals surface area contributed by atoms with Gasteiger partial charge in [-0.2, -0.15) is 5.10 Å². The van der Waals surface area contributed by atoms with Gasteiger partial charge in [0, 0.05) is 6.20 Å². The Balaban J connectivity index is 2.10. The molecule has 0 spiro atoms. The lowest BCUT2D eigenvalue weighted by Gasteiger charge is -2.01. The molecule has 6 heteroatoms. The van der Waals surface area contributed by atoms with E-state index in [2.05, 4.69) is 19.8 Å². The predicted molar refractivity (Wildman–Crippen MR) is 54.7 cm³/mol. The summed E-state index contributed by atoms with van der Waals surface area (Å²) in [6.07, 6.45) is 4.55. The maximum Gasteiger partial charge on any atom is 0.339 e. The molecule has 0 radical (unpaired) electrons. The average molecular weight is 218 g/mol. The number of ether oxygens (including phenoxy) is 1. The molecule has 0 saturated carbocycles. The van der Waals surface area contributed by atoms with Crippen molar-refractivity contribution in [2.24, 2.45) is 0 Å². The topological polar surface area (TPSA) is 69.9 Å². The van der Waals surface area contributed by atoms with Crippen LogP contribution in [0.4, 0.5) is 0 Å². The van der Waals surface area contributed by atoms with Gasteiger partial charge in [0.2, 0.25) is 0 Å². The molecule has 0 aromatic carbocycles. The van der Waals surface area contributed by atoms with Gasteiger partial charge in [-0.25, -0.2) is 14.5 Å². The highest BCUT2D eigenvalue weighted by atomic mass is 16.5. The summed E-state index contributed by atoms with van der Waals surface area (Å²) in [7, 11) is 1.34. The molecule has 0 aliphatic rings. The van der Waals surface area contributed by atoms with E-state index in [1.807, 2.05) is 0 Å². The van der Waals surface area contributed by atoms with Crippen LogP contribution in [-0.4, -0.2) is 32.8 Å². The molecule has 2 aromatic rings. The number of aromatic nitrogens is 4. The first-order valence-corrected chi connectivity index (χ1v) is 4.65. The van der Waals surface area contributed by atoms with E-state index < -0.39 is 0 Å². The fraction of sp³-hybridized carbons (Fsp3) is 0.200. The Hall–Kier alpha value is -2.24. The van der Waals surface area contributed by atoms with Gasteiger partial charge in [0.1, 0.15) is 12.7 Å². The van der Waals surface area contributed by atoms with E-state index >= 15 is 0 Å². The summed E-state index contributed by atoms with van der Waals surface area (Å²) in [6, 6.07) is 3.43. The Morgan fingerprint density at radius 1 is 1.50 bits per heavy atom. The van der Waals surface area contributed by atoms with Gasteiger partial charge < -0.3 is 4.74 Å². The molecule has 0 aliphatic carbocycles. The van der Waals surface area contributed by atoms with Crippen molar-refractivity contribution >= 4 is 5.97 Å². The van der Waals surface area contributed by atoms with Crippen molar-refractivity contribution in [3.8, 4) is 0 Å². The Kier molecular flexibility index (Phi) is 2.90. The van der Waals surface area contributed by atoms with Crippen LogP contribution in [0.1, 0.15) is 16.1 Å². The van der Waals surface area contributed by atoms with Crippen molar-refractivity contribution in [2.75, 3.05) is 7.11 Å². The molecule has 0 bridgehead atoms. The van der Waals surface area contributed by atoms with E-state index in [1.165, 1.54) is 19.6 Å². The maximum atomic E-state index is 11.2. The quantitative estimate of drug-likeness (QED) is 0.702.